The molecule has 0 unspecified atom stereocenters. The second kappa shape index (κ2) is 4.98. The lowest BCUT2D eigenvalue weighted by Gasteiger charge is -2.07. The van der Waals surface area contributed by atoms with Gasteiger partial charge in [0.15, 0.2) is 5.78 Å². The van der Waals surface area contributed by atoms with E-state index >= 15 is 0 Å². The van der Waals surface area contributed by atoms with Crippen molar-refractivity contribution >= 4 is 5.78 Å². The summed E-state index contributed by atoms with van der Waals surface area (Å²) in [5.41, 5.74) is -0.0791. The maximum Gasteiger partial charge on any atom is 0.179 e. The minimum Gasteiger partial charge on any atom is -0.307 e. The van der Waals surface area contributed by atoms with Gasteiger partial charge in [-0.2, -0.15) is 0 Å². The van der Waals surface area contributed by atoms with Gasteiger partial charge in [-0.15, -0.1) is 0 Å². The first-order chi connectivity index (χ1) is 7.00. The van der Waals surface area contributed by atoms with Crippen molar-refractivity contribution < 1.29 is 13.6 Å². The third kappa shape index (κ3) is 3.40. The van der Waals surface area contributed by atoms with Gasteiger partial charge in [0.2, 0.25) is 0 Å². The molecule has 82 valence electrons. The van der Waals surface area contributed by atoms with Crippen molar-refractivity contribution in [3.63, 3.8) is 0 Å². The van der Waals surface area contributed by atoms with Crippen molar-refractivity contribution in [2.75, 3.05) is 6.54 Å². The second-order valence-corrected chi connectivity index (χ2v) is 3.58. The molecule has 0 bridgehead atoms. The number of hydrogen-bond donors (Lipinski definition) is 1. The Morgan fingerprint density at radius 3 is 2.60 bits per heavy atom. The van der Waals surface area contributed by atoms with Crippen LogP contribution in [0, 0.1) is 11.6 Å². The van der Waals surface area contributed by atoms with Gasteiger partial charge >= 0.3 is 0 Å². The van der Waals surface area contributed by atoms with Gasteiger partial charge in [0.1, 0.15) is 11.6 Å². The predicted octanol–water partition coefficient (Wildman–Crippen LogP) is 2.15. The number of Topliss-reactive ketones (excluding diaryl/α,β-unsaturated/α-hetero) is 1. The quantitative estimate of drug-likeness (QED) is 0.776. The van der Waals surface area contributed by atoms with Crippen molar-refractivity contribution in [1.29, 1.82) is 0 Å². The highest BCUT2D eigenvalue weighted by Gasteiger charge is 2.12. The number of nitrogens with one attached hydrogen (secondary N) is 1. The van der Waals surface area contributed by atoms with Gasteiger partial charge in [-0.05, 0) is 12.1 Å². The summed E-state index contributed by atoms with van der Waals surface area (Å²) >= 11 is 0. The minimum absolute atomic E-state index is 0.0558. The second-order valence-electron chi connectivity index (χ2n) is 3.58. The number of carbonyl (C=O) groups excluding carboxylic acids is 1. The van der Waals surface area contributed by atoms with Crippen LogP contribution in [0.1, 0.15) is 24.2 Å². The van der Waals surface area contributed by atoms with Gasteiger partial charge in [-0.1, -0.05) is 13.8 Å². The average Bonchev–Trinajstić information content (AvgIpc) is 2.14. The van der Waals surface area contributed by atoms with Crippen LogP contribution in [0.4, 0.5) is 8.78 Å². The van der Waals surface area contributed by atoms with E-state index in [0.29, 0.717) is 6.07 Å². The number of halogens is 2. The fourth-order valence-electron chi connectivity index (χ4n) is 1.11. The molecule has 0 aromatic heterocycles. The predicted molar refractivity (Wildman–Crippen MR) is 53.8 cm³/mol. The number of rotatable bonds is 4. The molecule has 0 amide bonds. The van der Waals surface area contributed by atoms with Crippen LogP contribution in [0.15, 0.2) is 18.2 Å². The first-order valence-corrected chi connectivity index (χ1v) is 4.72. The number of hydrogen-bond acceptors (Lipinski definition) is 2. The number of benzene rings is 1. The zero-order valence-corrected chi connectivity index (χ0v) is 8.68. The van der Waals surface area contributed by atoms with Gasteiger partial charge in [0.25, 0.3) is 0 Å². The van der Waals surface area contributed by atoms with E-state index < -0.39 is 11.6 Å². The summed E-state index contributed by atoms with van der Waals surface area (Å²) in [7, 11) is 0. The lowest BCUT2D eigenvalue weighted by Crippen LogP contribution is -2.29. The molecule has 0 fully saturated rings. The van der Waals surface area contributed by atoms with E-state index in [1.807, 2.05) is 13.8 Å². The molecule has 0 radical (unpaired) electrons. The fourth-order valence-corrected chi connectivity index (χ4v) is 1.11. The van der Waals surface area contributed by atoms with E-state index in [9.17, 15) is 13.6 Å². The summed E-state index contributed by atoms with van der Waals surface area (Å²) in [4.78, 5) is 11.5. The Balaban J connectivity index is 2.74. The number of carbonyl (C=O) groups is 1. The molecule has 0 atom stereocenters. The smallest absolute Gasteiger partial charge is 0.179 e. The molecule has 2 nitrogen and oxygen atoms in total. The van der Waals surface area contributed by atoms with Crippen molar-refractivity contribution in [2.24, 2.45) is 0 Å². The van der Waals surface area contributed by atoms with Crippen LogP contribution in [0.2, 0.25) is 0 Å². The van der Waals surface area contributed by atoms with Crippen molar-refractivity contribution in [3.8, 4) is 0 Å². The molecular weight excluding hydrogens is 200 g/mol. The molecule has 15 heavy (non-hydrogen) atoms. The largest absolute Gasteiger partial charge is 0.307 e. The van der Waals surface area contributed by atoms with Crippen LogP contribution in [0.3, 0.4) is 0 Å². The van der Waals surface area contributed by atoms with Crippen molar-refractivity contribution in [3.05, 3.63) is 35.4 Å². The normalized spacial score (nSPS) is 10.7. The highest BCUT2D eigenvalue weighted by molar-refractivity contribution is 5.97. The Morgan fingerprint density at radius 1 is 1.40 bits per heavy atom. The van der Waals surface area contributed by atoms with Gasteiger partial charge in [0, 0.05) is 12.1 Å². The van der Waals surface area contributed by atoms with Gasteiger partial charge in [-0.25, -0.2) is 8.78 Å². The molecule has 1 aromatic carbocycles. The van der Waals surface area contributed by atoms with E-state index in [2.05, 4.69) is 5.32 Å². The molecule has 1 aromatic rings. The molecule has 0 aliphatic heterocycles. The Hall–Kier alpha value is -1.29. The molecule has 1 N–H and O–H groups in total. The van der Waals surface area contributed by atoms with Crippen LogP contribution < -0.4 is 5.32 Å². The Bertz CT molecular complexity index is 364. The molecule has 4 heteroatoms. The minimum atomic E-state index is -0.814. The molecule has 0 saturated carbocycles. The highest BCUT2D eigenvalue weighted by atomic mass is 19.1. The SMILES string of the molecule is CC(C)NCC(=O)c1ccc(F)cc1F. The Morgan fingerprint density at radius 2 is 2.07 bits per heavy atom. The first kappa shape index (κ1) is 11.8. The summed E-state index contributed by atoms with van der Waals surface area (Å²) in [5, 5.41) is 2.88. The Kier molecular flexibility index (Phi) is 3.91. The third-order valence-corrected chi connectivity index (χ3v) is 1.90. The van der Waals surface area contributed by atoms with Gasteiger partial charge in [-0.3, -0.25) is 4.79 Å². The fraction of sp³-hybridized carbons (Fsp3) is 0.364. The molecule has 0 saturated heterocycles. The van der Waals surface area contributed by atoms with Gasteiger partial charge in [0.05, 0.1) is 12.1 Å². The van der Waals surface area contributed by atoms with Crippen LogP contribution in [-0.4, -0.2) is 18.4 Å². The summed E-state index contributed by atoms with van der Waals surface area (Å²) in [6.45, 7) is 3.82. The van der Waals surface area contributed by atoms with Crippen LogP contribution in [-0.2, 0) is 0 Å². The van der Waals surface area contributed by atoms with Crippen LogP contribution in [0.25, 0.3) is 0 Å². The summed E-state index contributed by atoms with van der Waals surface area (Å²) in [6, 6.07) is 3.10. The van der Waals surface area contributed by atoms with E-state index in [4.69, 9.17) is 0 Å². The monoisotopic (exact) mass is 213 g/mol. The van der Waals surface area contributed by atoms with Crippen LogP contribution >= 0.6 is 0 Å². The summed E-state index contributed by atoms with van der Waals surface area (Å²) in [6.07, 6.45) is 0. The third-order valence-electron chi connectivity index (χ3n) is 1.90. The maximum absolute atomic E-state index is 13.1. The Labute approximate surface area is 87.3 Å². The first-order valence-electron chi connectivity index (χ1n) is 4.72. The molecule has 0 aliphatic carbocycles. The molecule has 0 aliphatic rings. The maximum atomic E-state index is 13.1. The van der Waals surface area contributed by atoms with Crippen LogP contribution in [0.5, 0.6) is 0 Å². The summed E-state index contributed by atoms with van der Waals surface area (Å²) < 4.78 is 25.7. The van der Waals surface area contributed by atoms with Crippen molar-refractivity contribution in [1.82, 2.24) is 5.32 Å². The van der Waals surface area contributed by atoms with Gasteiger partial charge < -0.3 is 5.32 Å². The molecule has 0 spiro atoms. The lowest BCUT2D eigenvalue weighted by atomic mass is 10.1. The van der Waals surface area contributed by atoms with E-state index in [0.717, 1.165) is 12.1 Å². The zero-order valence-electron chi connectivity index (χ0n) is 8.68. The van der Waals surface area contributed by atoms with E-state index in [1.165, 1.54) is 0 Å². The standard InChI is InChI=1S/C11H13F2NO/c1-7(2)14-6-11(15)9-4-3-8(12)5-10(9)13/h3-5,7,14H,6H2,1-2H3. The highest BCUT2D eigenvalue weighted by Crippen LogP contribution is 2.09. The molecular formula is C11H13F2NO. The summed E-state index contributed by atoms with van der Waals surface area (Å²) in [5.74, 6) is -1.87. The molecule has 1 rings (SSSR count). The van der Waals surface area contributed by atoms with E-state index in [-0.39, 0.29) is 23.9 Å². The van der Waals surface area contributed by atoms with Crippen molar-refractivity contribution in [2.45, 2.75) is 19.9 Å². The van der Waals surface area contributed by atoms with E-state index in [1.54, 1.807) is 0 Å². The zero-order chi connectivity index (χ0) is 11.4. The molecule has 0 heterocycles. The lowest BCUT2D eigenvalue weighted by molar-refractivity contribution is 0.0984. The average molecular weight is 213 g/mol. The topological polar surface area (TPSA) is 29.1 Å². The number of ketones is 1.